The summed E-state index contributed by atoms with van der Waals surface area (Å²) >= 11 is 0. The zero-order chi connectivity index (χ0) is 23.5. The molecule has 2 aromatic carbocycles. The van der Waals surface area contributed by atoms with Crippen LogP contribution in [-0.2, 0) is 16.1 Å². The SMILES string of the molecule is COC(=O)c1ccc(NC(=O)CCn2c(C)nc3c(cnn3-c3ccc(F)cc3)c2=O)cc1. The molecule has 0 radical (unpaired) electrons. The van der Waals surface area contributed by atoms with Gasteiger partial charge in [0.1, 0.15) is 17.0 Å². The van der Waals surface area contributed by atoms with E-state index in [0.29, 0.717) is 33.8 Å². The van der Waals surface area contributed by atoms with Gasteiger partial charge in [-0.25, -0.2) is 18.9 Å². The predicted octanol–water partition coefficient (Wildman–Crippen LogP) is 2.85. The topological polar surface area (TPSA) is 108 Å². The molecular formula is C23H20FN5O4. The summed E-state index contributed by atoms with van der Waals surface area (Å²) in [5, 5.41) is 7.24. The average molecular weight is 449 g/mol. The van der Waals surface area contributed by atoms with Gasteiger partial charge in [-0.3, -0.25) is 14.2 Å². The number of fused-ring (bicyclic) bond motifs is 1. The number of nitrogens with zero attached hydrogens (tertiary/aromatic N) is 4. The number of aromatic nitrogens is 4. The van der Waals surface area contributed by atoms with Gasteiger partial charge in [0, 0.05) is 18.7 Å². The van der Waals surface area contributed by atoms with Crippen LogP contribution in [0, 0.1) is 12.7 Å². The Morgan fingerprint density at radius 2 is 1.79 bits per heavy atom. The van der Waals surface area contributed by atoms with Gasteiger partial charge < -0.3 is 10.1 Å². The second-order valence-corrected chi connectivity index (χ2v) is 7.25. The minimum atomic E-state index is -0.464. The third kappa shape index (κ3) is 4.49. The van der Waals surface area contributed by atoms with E-state index in [4.69, 9.17) is 0 Å². The van der Waals surface area contributed by atoms with E-state index in [2.05, 4.69) is 20.1 Å². The summed E-state index contributed by atoms with van der Waals surface area (Å²) in [5.41, 5.74) is 1.51. The molecule has 1 N–H and O–H groups in total. The summed E-state index contributed by atoms with van der Waals surface area (Å²) in [6.45, 7) is 1.80. The average Bonchev–Trinajstić information content (AvgIpc) is 3.23. The van der Waals surface area contributed by atoms with Crippen LogP contribution < -0.4 is 10.9 Å². The van der Waals surface area contributed by atoms with E-state index < -0.39 is 5.97 Å². The Balaban J connectivity index is 1.50. The number of amides is 1. The second-order valence-electron chi connectivity index (χ2n) is 7.25. The van der Waals surface area contributed by atoms with Crippen LogP contribution in [0.4, 0.5) is 10.1 Å². The van der Waals surface area contributed by atoms with Crippen molar-refractivity contribution >= 4 is 28.6 Å². The molecule has 0 saturated heterocycles. The third-order valence-electron chi connectivity index (χ3n) is 5.10. The lowest BCUT2D eigenvalue weighted by Gasteiger charge is -2.11. The number of carbonyl (C=O) groups is 2. The number of rotatable bonds is 6. The van der Waals surface area contributed by atoms with Crippen LogP contribution in [0.15, 0.2) is 59.5 Å². The van der Waals surface area contributed by atoms with Crippen molar-refractivity contribution in [1.29, 1.82) is 0 Å². The lowest BCUT2D eigenvalue weighted by atomic mass is 10.2. The minimum Gasteiger partial charge on any atom is -0.465 e. The van der Waals surface area contributed by atoms with Gasteiger partial charge in [-0.2, -0.15) is 5.10 Å². The third-order valence-corrected chi connectivity index (χ3v) is 5.10. The van der Waals surface area contributed by atoms with Crippen molar-refractivity contribution in [2.75, 3.05) is 12.4 Å². The summed E-state index contributed by atoms with van der Waals surface area (Å²) < 4.78 is 20.8. The maximum absolute atomic E-state index is 13.2. The van der Waals surface area contributed by atoms with Gasteiger partial charge in [0.2, 0.25) is 5.91 Å². The Kier molecular flexibility index (Phi) is 5.99. The normalized spacial score (nSPS) is 10.9. The molecule has 0 aliphatic rings. The number of carbonyl (C=O) groups excluding carboxylic acids is 2. The molecule has 2 heterocycles. The number of methoxy groups -OCH3 is 1. The molecule has 0 aliphatic carbocycles. The van der Waals surface area contributed by atoms with Crippen molar-refractivity contribution in [2.45, 2.75) is 19.9 Å². The zero-order valence-electron chi connectivity index (χ0n) is 17.9. The first-order chi connectivity index (χ1) is 15.9. The maximum atomic E-state index is 13.2. The summed E-state index contributed by atoms with van der Waals surface area (Å²) in [6, 6.07) is 12.0. The maximum Gasteiger partial charge on any atom is 0.337 e. The van der Waals surface area contributed by atoms with E-state index in [1.807, 2.05) is 0 Å². The van der Waals surface area contributed by atoms with E-state index in [1.54, 1.807) is 43.3 Å². The van der Waals surface area contributed by atoms with Crippen molar-refractivity contribution in [1.82, 2.24) is 19.3 Å². The first-order valence-electron chi connectivity index (χ1n) is 10.1. The quantitative estimate of drug-likeness (QED) is 0.454. The number of hydrogen-bond donors (Lipinski definition) is 1. The lowest BCUT2D eigenvalue weighted by Crippen LogP contribution is -2.26. The number of nitrogens with one attached hydrogen (secondary N) is 1. The van der Waals surface area contributed by atoms with Gasteiger partial charge in [0.15, 0.2) is 5.65 Å². The molecule has 0 saturated carbocycles. The molecule has 2 aromatic heterocycles. The monoisotopic (exact) mass is 449 g/mol. The largest absolute Gasteiger partial charge is 0.465 e. The van der Waals surface area contributed by atoms with Crippen molar-refractivity contribution in [2.24, 2.45) is 0 Å². The highest BCUT2D eigenvalue weighted by Gasteiger charge is 2.15. The van der Waals surface area contributed by atoms with Crippen LogP contribution in [0.3, 0.4) is 0 Å². The van der Waals surface area contributed by atoms with Crippen molar-refractivity contribution in [3.8, 4) is 5.69 Å². The van der Waals surface area contributed by atoms with Gasteiger partial charge in [-0.15, -0.1) is 0 Å². The molecule has 0 aliphatic heterocycles. The molecule has 0 spiro atoms. The predicted molar refractivity (Wildman–Crippen MR) is 119 cm³/mol. The molecule has 1 amide bonds. The standard InChI is InChI=1S/C23H20FN5O4/c1-14-26-21-19(13-25-29(21)18-9-5-16(24)6-10-18)22(31)28(14)12-11-20(30)27-17-7-3-15(4-8-17)23(32)33-2/h3-10,13H,11-12H2,1-2H3,(H,27,30). The van der Waals surface area contributed by atoms with Gasteiger partial charge in [-0.05, 0) is 55.5 Å². The highest BCUT2D eigenvalue weighted by molar-refractivity contribution is 5.93. The summed E-state index contributed by atoms with van der Waals surface area (Å²) in [6.07, 6.45) is 1.45. The van der Waals surface area contributed by atoms with E-state index in [1.165, 1.54) is 34.7 Å². The number of anilines is 1. The highest BCUT2D eigenvalue weighted by Crippen LogP contribution is 2.16. The molecule has 33 heavy (non-hydrogen) atoms. The molecule has 168 valence electrons. The Morgan fingerprint density at radius 1 is 1.09 bits per heavy atom. The fraction of sp³-hybridized carbons (Fsp3) is 0.174. The number of benzene rings is 2. The van der Waals surface area contributed by atoms with Crippen LogP contribution >= 0.6 is 0 Å². The fourth-order valence-electron chi connectivity index (χ4n) is 3.39. The van der Waals surface area contributed by atoms with Crippen LogP contribution in [0.2, 0.25) is 0 Å². The minimum absolute atomic E-state index is 0.0405. The Hall–Kier alpha value is -4.34. The van der Waals surface area contributed by atoms with E-state index >= 15 is 0 Å². The smallest absolute Gasteiger partial charge is 0.337 e. The van der Waals surface area contributed by atoms with Crippen LogP contribution in [0.5, 0.6) is 0 Å². The van der Waals surface area contributed by atoms with Gasteiger partial charge >= 0.3 is 5.97 Å². The molecule has 10 heteroatoms. The lowest BCUT2D eigenvalue weighted by molar-refractivity contribution is -0.116. The fourth-order valence-corrected chi connectivity index (χ4v) is 3.39. The molecule has 0 unspecified atom stereocenters. The molecule has 4 aromatic rings. The Labute approximate surface area is 187 Å². The summed E-state index contributed by atoms with van der Waals surface area (Å²) in [4.78, 5) is 41.3. The van der Waals surface area contributed by atoms with Crippen molar-refractivity contribution in [3.63, 3.8) is 0 Å². The van der Waals surface area contributed by atoms with Gasteiger partial charge in [0.05, 0.1) is 24.6 Å². The number of aryl methyl sites for hydroxylation is 1. The number of esters is 1. The van der Waals surface area contributed by atoms with E-state index in [0.717, 1.165) is 0 Å². The number of halogens is 1. The number of ether oxygens (including phenoxy) is 1. The van der Waals surface area contributed by atoms with Crippen molar-refractivity contribution in [3.05, 3.63) is 82.3 Å². The molecule has 4 rings (SSSR count). The van der Waals surface area contributed by atoms with Crippen molar-refractivity contribution < 1.29 is 18.7 Å². The highest BCUT2D eigenvalue weighted by atomic mass is 19.1. The van der Waals surface area contributed by atoms with E-state index in [9.17, 15) is 18.8 Å². The van der Waals surface area contributed by atoms with Crippen LogP contribution in [0.25, 0.3) is 16.7 Å². The Bertz CT molecular complexity index is 1390. The second kappa shape index (κ2) is 9.03. The first kappa shape index (κ1) is 21.9. The molecule has 0 fully saturated rings. The first-order valence-corrected chi connectivity index (χ1v) is 10.1. The summed E-state index contributed by atoms with van der Waals surface area (Å²) in [5.74, 6) is -0.714. The molecular weight excluding hydrogens is 429 g/mol. The van der Waals surface area contributed by atoms with Crippen LogP contribution in [0.1, 0.15) is 22.6 Å². The molecule has 9 nitrogen and oxygen atoms in total. The van der Waals surface area contributed by atoms with E-state index in [-0.39, 0.29) is 30.2 Å². The number of hydrogen-bond acceptors (Lipinski definition) is 6. The molecule has 0 bridgehead atoms. The van der Waals surface area contributed by atoms with Gasteiger partial charge in [-0.1, -0.05) is 0 Å². The molecule has 0 atom stereocenters. The summed E-state index contributed by atoms with van der Waals surface area (Å²) in [7, 11) is 1.29. The van der Waals surface area contributed by atoms with Gasteiger partial charge in [0.25, 0.3) is 5.56 Å². The zero-order valence-corrected chi connectivity index (χ0v) is 17.9. The van der Waals surface area contributed by atoms with Crippen LogP contribution in [-0.4, -0.2) is 38.3 Å². The Morgan fingerprint density at radius 3 is 2.45 bits per heavy atom.